The molecule has 4 aromatic rings. The van der Waals surface area contributed by atoms with E-state index < -0.39 is 27.0 Å². The van der Waals surface area contributed by atoms with Gasteiger partial charge in [0.1, 0.15) is 18.2 Å². The fraction of sp³-hybridized carbons (Fsp3) is 0.259. The number of hydrogen-bond acceptors (Lipinski definition) is 5. The maximum Gasteiger partial charge on any atom is 0.516 e. The van der Waals surface area contributed by atoms with Crippen LogP contribution in [0.2, 0.25) is 5.02 Å². The molecule has 0 bridgehead atoms. The van der Waals surface area contributed by atoms with Gasteiger partial charge in [-0.3, -0.25) is 4.79 Å². The first kappa shape index (κ1) is 28.4. The van der Waals surface area contributed by atoms with E-state index in [1.54, 1.807) is 12.1 Å². The molecule has 1 heterocycles. The molecule has 0 aliphatic rings. The molecule has 0 aliphatic carbocycles. The van der Waals surface area contributed by atoms with Crippen LogP contribution in [0.1, 0.15) is 57.7 Å². The Bertz CT molecular complexity index is 1630. The molecule has 206 valence electrons. The number of hydrogen-bond donors (Lipinski definition) is 2. The van der Waals surface area contributed by atoms with Gasteiger partial charge in [0.2, 0.25) is 0 Å². The highest BCUT2D eigenvalue weighted by Gasteiger charge is 2.47. The number of aromatic amines is 1. The summed E-state index contributed by atoms with van der Waals surface area (Å²) in [5.41, 5.74) is -0.555. The molecule has 1 amide bonds. The van der Waals surface area contributed by atoms with Crippen LogP contribution in [0, 0.1) is 13.8 Å². The number of nitrogens with zero attached hydrogens (tertiary/aromatic N) is 1. The molecule has 39 heavy (non-hydrogen) atoms. The lowest BCUT2D eigenvalue weighted by Crippen LogP contribution is -2.40. The first-order chi connectivity index (χ1) is 18.3. The van der Waals surface area contributed by atoms with Crippen LogP contribution >= 0.6 is 11.6 Å². The summed E-state index contributed by atoms with van der Waals surface area (Å²) >= 11 is 6.19. The Kier molecular flexibility index (Phi) is 7.94. The van der Waals surface area contributed by atoms with Crippen molar-refractivity contribution >= 4 is 38.6 Å². The van der Waals surface area contributed by atoms with Crippen LogP contribution in [0.15, 0.2) is 54.6 Å². The Morgan fingerprint density at radius 3 is 2.46 bits per heavy atom. The third kappa shape index (κ3) is 6.04. The highest BCUT2D eigenvalue weighted by molar-refractivity contribution is 7.90. The molecule has 0 aliphatic heterocycles. The highest BCUT2D eigenvalue weighted by atomic mass is 35.5. The molecule has 2 N–H and O–H groups in total. The first-order valence-corrected chi connectivity index (χ1v) is 13.8. The molecule has 3 aromatic carbocycles. The number of aromatic nitrogens is 2. The van der Waals surface area contributed by atoms with Gasteiger partial charge in [-0.05, 0) is 61.2 Å². The highest BCUT2D eigenvalue weighted by Crippen LogP contribution is 2.31. The number of imidazole rings is 1. The number of rotatable bonds is 8. The summed E-state index contributed by atoms with van der Waals surface area (Å²) in [6, 6.07) is 15.6. The Morgan fingerprint density at radius 1 is 1.13 bits per heavy atom. The number of carbonyl (C=O) groups excluding carboxylic acids is 1. The number of benzene rings is 3. The minimum atomic E-state index is -5.87. The number of halogens is 4. The van der Waals surface area contributed by atoms with Crippen molar-refractivity contribution in [2.75, 3.05) is 0 Å². The third-order valence-corrected chi connectivity index (χ3v) is 7.72. The van der Waals surface area contributed by atoms with Crippen molar-refractivity contribution in [3.05, 3.63) is 93.3 Å². The summed E-state index contributed by atoms with van der Waals surface area (Å²) in [5, 5.41) is -0.217. The van der Waals surface area contributed by atoms with E-state index in [0.29, 0.717) is 5.75 Å². The zero-order valence-electron chi connectivity index (χ0n) is 21.2. The number of ether oxygens (including phenoxy) is 1. The smallest absolute Gasteiger partial charge is 0.489 e. The average molecular weight is 580 g/mol. The summed E-state index contributed by atoms with van der Waals surface area (Å²) in [6.45, 7) is 6.04. The van der Waals surface area contributed by atoms with Gasteiger partial charge in [0.25, 0.3) is 5.91 Å². The quantitative estimate of drug-likeness (QED) is 0.247. The second-order valence-electron chi connectivity index (χ2n) is 9.08. The monoisotopic (exact) mass is 579 g/mol. The zero-order valence-corrected chi connectivity index (χ0v) is 22.8. The van der Waals surface area contributed by atoms with E-state index in [9.17, 15) is 26.4 Å². The molecule has 7 nitrogen and oxygen atoms in total. The Labute approximate surface area is 228 Å². The number of H-pyrrole nitrogens is 1. The SMILES string of the molecule is CCC(c1ccc(OCc2cccc(C(=O)NS(=O)(=O)C(F)(F)F)c2Cl)cc1)c1nc2c(C)cc(C)cc2[nH]1. The summed E-state index contributed by atoms with van der Waals surface area (Å²) < 4.78 is 67.1. The van der Waals surface area contributed by atoms with Gasteiger partial charge in [-0.2, -0.15) is 21.6 Å². The van der Waals surface area contributed by atoms with Crippen molar-refractivity contribution < 1.29 is 31.1 Å². The van der Waals surface area contributed by atoms with Crippen molar-refractivity contribution in [2.45, 2.75) is 45.2 Å². The normalized spacial score (nSPS) is 12.9. The minimum absolute atomic E-state index is 0.0313. The van der Waals surface area contributed by atoms with Gasteiger partial charge in [-0.15, -0.1) is 0 Å². The van der Waals surface area contributed by atoms with Crippen LogP contribution in [-0.2, 0) is 16.6 Å². The summed E-state index contributed by atoms with van der Waals surface area (Å²) in [4.78, 5) is 20.4. The fourth-order valence-electron chi connectivity index (χ4n) is 4.30. The van der Waals surface area contributed by atoms with Crippen molar-refractivity contribution in [1.29, 1.82) is 0 Å². The van der Waals surface area contributed by atoms with E-state index in [1.165, 1.54) is 12.1 Å². The number of carbonyl (C=O) groups is 1. The number of fused-ring (bicyclic) bond motifs is 1. The van der Waals surface area contributed by atoms with Gasteiger partial charge in [0.15, 0.2) is 0 Å². The predicted molar refractivity (Wildman–Crippen MR) is 142 cm³/mol. The van der Waals surface area contributed by atoms with Crippen LogP contribution in [0.4, 0.5) is 13.2 Å². The number of amides is 1. The van der Waals surface area contributed by atoms with Gasteiger partial charge >= 0.3 is 15.5 Å². The molecule has 0 saturated carbocycles. The van der Waals surface area contributed by atoms with Gasteiger partial charge in [0, 0.05) is 11.5 Å². The largest absolute Gasteiger partial charge is 0.516 e. The maximum absolute atomic E-state index is 12.6. The van der Waals surface area contributed by atoms with E-state index in [4.69, 9.17) is 21.3 Å². The number of aryl methyl sites for hydroxylation is 2. The Hall–Kier alpha value is -3.57. The number of sulfonamides is 1. The third-order valence-electron chi connectivity index (χ3n) is 6.21. The molecule has 1 aromatic heterocycles. The fourth-order valence-corrected chi connectivity index (χ4v) is 5.04. The molecule has 0 radical (unpaired) electrons. The van der Waals surface area contributed by atoms with Crippen molar-refractivity contribution in [3.63, 3.8) is 0 Å². The summed E-state index contributed by atoms with van der Waals surface area (Å²) in [6.07, 6.45) is 0.812. The molecule has 4 rings (SSSR count). The molecular weight excluding hydrogens is 555 g/mol. The molecule has 1 unspecified atom stereocenters. The molecule has 12 heteroatoms. The van der Waals surface area contributed by atoms with E-state index in [0.717, 1.165) is 50.8 Å². The van der Waals surface area contributed by atoms with Crippen LogP contribution < -0.4 is 9.46 Å². The van der Waals surface area contributed by atoms with Crippen molar-refractivity contribution in [1.82, 2.24) is 14.7 Å². The van der Waals surface area contributed by atoms with Crippen LogP contribution in [0.25, 0.3) is 11.0 Å². The van der Waals surface area contributed by atoms with Crippen molar-refractivity contribution in [2.24, 2.45) is 0 Å². The molecule has 0 saturated heterocycles. The van der Waals surface area contributed by atoms with Crippen LogP contribution in [0.5, 0.6) is 5.75 Å². The number of nitrogens with one attached hydrogen (secondary N) is 2. The van der Waals surface area contributed by atoms with Gasteiger partial charge in [-0.1, -0.05) is 48.9 Å². The molecule has 0 spiro atoms. The average Bonchev–Trinajstić information content (AvgIpc) is 3.27. The predicted octanol–water partition coefficient (Wildman–Crippen LogP) is 6.53. The van der Waals surface area contributed by atoms with E-state index >= 15 is 0 Å². The minimum Gasteiger partial charge on any atom is -0.489 e. The Balaban J connectivity index is 1.48. The molecule has 1 atom stereocenters. The standard InChI is InChI=1S/C27H25ClF3N3O4S/c1-4-20(25-32-22-13-15(2)12-16(3)24(22)33-25)17-8-10-19(11-9-17)38-14-18-6-5-7-21(23(18)28)26(35)34-39(36,37)27(29,30)31/h5-13,20H,4,14H2,1-3H3,(H,32,33)(H,34,35). The lowest BCUT2D eigenvalue weighted by molar-refractivity contribution is -0.0446. The van der Waals surface area contributed by atoms with Crippen molar-refractivity contribution in [3.8, 4) is 5.75 Å². The van der Waals surface area contributed by atoms with Gasteiger partial charge < -0.3 is 9.72 Å². The summed E-state index contributed by atoms with van der Waals surface area (Å²) in [5.74, 6) is -0.103. The maximum atomic E-state index is 12.6. The summed E-state index contributed by atoms with van der Waals surface area (Å²) in [7, 11) is -5.87. The second kappa shape index (κ2) is 10.9. The Morgan fingerprint density at radius 2 is 1.82 bits per heavy atom. The van der Waals surface area contributed by atoms with Crippen LogP contribution in [0.3, 0.4) is 0 Å². The zero-order chi connectivity index (χ0) is 28.5. The van der Waals surface area contributed by atoms with Gasteiger partial charge in [-0.25, -0.2) is 9.71 Å². The van der Waals surface area contributed by atoms with Gasteiger partial charge in [0.05, 0.1) is 21.6 Å². The second-order valence-corrected chi connectivity index (χ2v) is 11.1. The topological polar surface area (TPSA) is 101 Å². The van der Waals surface area contributed by atoms with E-state index in [1.807, 2.05) is 26.0 Å². The lowest BCUT2D eigenvalue weighted by Gasteiger charge is -2.15. The molecule has 0 fully saturated rings. The number of alkyl halides is 3. The van der Waals surface area contributed by atoms with E-state index in [2.05, 4.69) is 24.0 Å². The first-order valence-electron chi connectivity index (χ1n) is 11.9. The molecular formula is C27H25ClF3N3O4S. The van der Waals surface area contributed by atoms with Crippen LogP contribution in [-0.4, -0.2) is 29.8 Å². The lowest BCUT2D eigenvalue weighted by atomic mass is 9.96. The van der Waals surface area contributed by atoms with E-state index in [-0.39, 0.29) is 23.1 Å².